The molecule has 1 heterocycles. The molecule has 0 saturated carbocycles. The van der Waals surface area contributed by atoms with Gasteiger partial charge in [-0.3, -0.25) is 14.9 Å². The van der Waals surface area contributed by atoms with E-state index in [1.165, 1.54) is 11.3 Å². The van der Waals surface area contributed by atoms with Crippen molar-refractivity contribution in [3.05, 3.63) is 54.1 Å². The first kappa shape index (κ1) is 16.9. The summed E-state index contributed by atoms with van der Waals surface area (Å²) in [5, 5.41) is 3.12. The molecule has 0 atom stereocenters. The minimum Gasteiger partial charge on any atom is -0.497 e. The zero-order valence-corrected chi connectivity index (χ0v) is 14.3. The SMILES string of the molecule is COc1ccc(CC(=O)OCC(=O)Nc2nc3ccccc3s2)cc1. The molecule has 0 aliphatic carbocycles. The number of esters is 1. The Morgan fingerprint density at radius 3 is 2.60 bits per heavy atom. The summed E-state index contributed by atoms with van der Waals surface area (Å²) in [7, 11) is 1.58. The smallest absolute Gasteiger partial charge is 0.310 e. The van der Waals surface area contributed by atoms with E-state index in [0.29, 0.717) is 10.9 Å². The number of carbonyl (C=O) groups excluding carboxylic acids is 2. The Morgan fingerprint density at radius 1 is 1.12 bits per heavy atom. The van der Waals surface area contributed by atoms with E-state index in [1.807, 2.05) is 24.3 Å². The lowest BCUT2D eigenvalue weighted by Gasteiger charge is -2.05. The van der Waals surface area contributed by atoms with E-state index in [2.05, 4.69) is 10.3 Å². The van der Waals surface area contributed by atoms with Crippen molar-refractivity contribution in [3.8, 4) is 5.75 Å². The monoisotopic (exact) mass is 356 g/mol. The summed E-state index contributed by atoms with van der Waals surface area (Å²) >= 11 is 1.37. The number of benzene rings is 2. The predicted octanol–water partition coefficient (Wildman–Crippen LogP) is 3.03. The lowest BCUT2D eigenvalue weighted by atomic mass is 10.1. The van der Waals surface area contributed by atoms with E-state index in [4.69, 9.17) is 9.47 Å². The number of ether oxygens (including phenoxy) is 2. The Balaban J connectivity index is 1.48. The maximum absolute atomic E-state index is 11.9. The third-order valence-electron chi connectivity index (χ3n) is 3.41. The summed E-state index contributed by atoms with van der Waals surface area (Å²) in [5.74, 6) is -0.168. The van der Waals surface area contributed by atoms with E-state index in [-0.39, 0.29) is 13.0 Å². The Bertz CT molecular complexity index is 856. The molecule has 3 rings (SSSR count). The molecule has 0 bridgehead atoms. The Morgan fingerprint density at radius 2 is 1.88 bits per heavy atom. The van der Waals surface area contributed by atoms with Gasteiger partial charge in [0.05, 0.1) is 23.7 Å². The molecule has 1 aromatic heterocycles. The van der Waals surface area contributed by atoms with Crippen LogP contribution >= 0.6 is 11.3 Å². The first-order valence-corrected chi connectivity index (χ1v) is 8.39. The number of thiazole rings is 1. The quantitative estimate of drug-likeness (QED) is 0.687. The highest BCUT2D eigenvalue weighted by Crippen LogP contribution is 2.25. The van der Waals surface area contributed by atoms with E-state index in [0.717, 1.165) is 15.8 Å². The second-order valence-electron chi connectivity index (χ2n) is 5.22. The van der Waals surface area contributed by atoms with Crippen molar-refractivity contribution in [3.63, 3.8) is 0 Å². The van der Waals surface area contributed by atoms with Gasteiger partial charge in [-0.15, -0.1) is 0 Å². The molecular weight excluding hydrogens is 340 g/mol. The number of rotatable bonds is 6. The van der Waals surface area contributed by atoms with Crippen LogP contribution in [0.5, 0.6) is 5.75 Å². The summed E-state index contributed by atoms with van der Waals surface area (Å²) in [4.78, 5) is 28.0. The Labute approximate surface area is 148 Å². The fourth-order valence-electron chi connectivity index (χ4n) is 2.19. The molecule has 0 aliphatic rings. The van der Waals surface area contributed by atoms with Gasteiger partial charge in [0.1, 0.15) is 5.75 Å². The van der Waals surface area contributed by atoms with Gasteiger partial charge in [0.2, 0.25) is 0 Å². The maximum Gasteiger partial charge on any atom is 0.310 e. The number of para-hydroxylation sites is 1. The van der Waals surface area contributed by atoms with Crippen LogP contribution in [0.1, 0.15) is 5.56 Å². The van der Waals surface area contributed by atoms with Crippen LogP contribution in [-0.2, 0) is 20.7 Å². The molecule has 0 radical (unpaired) electrons. The third-order valence-corrected chi connectivity index (χ3v) is 4.36. The average Bonchev–Trinajstić information content (AvgIpc) is 3.03. The fraction of sp³-hybridized carbons (Fsp3) is 0.167. The lowest BCUT2D eigenvalue weighted by Crippen LogP contribution is -2.21. The van der Waals surface area contributed by atoms with Crippen LogP contribution in [-0.4, -0.2) is 30.6 Å². The van der Waals surface area contributed by atoms with Crippen molar-refractivity contribution in [2.75, 3.05) is 19.0 Å². The number of nitrogens with one attached hydrogen (secondary N) is 1. The van der Waals surface area contributed by atoms with Crippen molar-refractivity contribution < 1.29 is 19.1 Å². The van der Waals surface area contributed by atoms with Crippen molar-refractivity contribution in [1.29, 1.82) is 0 Å². The first-order chi connectivity index (χ1) is 12.1. The molecule has 25 heavy (non-hydrogen) atoms. The minimum atomic E-state index is -0.468. The van der Waals surface area contributed by atoms with Gasteiger partial charge in [0, 0.05) is 0 Å². The molecule has 0 aliphatic heterocycles. The molecular formula is C18H16N2O4S. The topological polar surface area (TPSA) is 77.5 Å². The minimum absolute atomic E-state index is 0.0956. The summed E-state index contributed by atoms with van der Waals surface area (Å²) in [6, 6.07) is 14.7. The standard InChI is InChI=1S/C18H16N2O4S/c1-23-13-8-6-12(7-9-13)10-17(22)24-11-16(21)20-18-19-14-4-2-3-5-15(14)25-18/h2-9H,10-11H2,1H3,(H,19,20,21). The average molecular weight is 356 g/mol. The van der Waals surface area contributed by atoms with Crippen LogP contribution in [0, 0.1) is 0 Å². The van der Waals surface area contributed by atoms with Crippen molar-refractivity contribution in [2.45, 2.75) is 6.42 Å². The number of carbonyl (C=O) groups is 2. The van der Waals surface area contributed by atoms with Gasteiger partial charge < -0.3 is 9.47 Å². The highest BCUT2D eigenvalue weighted by Gasteiger charge is 2.11. The largest absolute Gasteiger partial charge is 0.497 e. The van der Waals surface area contributed by atoms with Gasteiger partial charge >= 0.3 is 5.97 Å². The zero-order chi connectivity index (χ0) is 17.6. The second kappa shape index (κ2) is 7.76. The van der Waals surface area contributed by atoms with Crippen LogP contribution in [0.4, 0.5) is 5.13 Å². The Kier molecular flexibility index (Phi) is 5.25. The number of anilines is 1. The molecule has 7 heteroatoms. The van der Waals surface area contributed by atoms with Gasteiger partial charge in [0.15, 0.2) is 11.7 Å². The number of hydrogen-bond acceptors (Lipinski definition) is 6. The van der Waals surface area contributed by atoms with Gasteiger partial charge in [-0.25, -0.2) is 4.98 Å². The highest BCUT2D eigenvalue weighted by atomic mass is 32.1. The lowest BCUT2D eigenvalue weighted by molar-refractivity contribution is -0.146. The number of methoxy groups -OCH3 is 1. The molecule has 0 unspecified atom stereocenters. The maximum atomic E-state index is 11.9. The Hall–Kier alpha value is -2.93. The van der Waals surface area contributed by atoms with Crippen LogP contribution in [0.2, 0.25) is 0 Å². The zero-order valence-electron chi connectivity index (χ0n) is 13.5. The number of amides is 1. The third kappa shape index (κ3) is 4.54. The van der Waals surface area contributed by atoms with E-state index >= 15 is 0 Å². The molecule has 1 amide bonds. The fourth-order valence-corrected chi connectivity index (χ4v) is 3.07. The molecule has 0 fully saturated rings. The summed E-state index contributed by atoms with van der Waals surface area (Å²) < 4.78 is 11.0. The first-order valence-electron chi connectivity index (χ1n) is 7.58. The van der Waals surface area contributed by atoms with Crippen LogP contribution < -0.4 is 10.1 Å². The van der Waals surface area contributed by atoms with Crippen molar-refractivity contribution in [1.82, 2.24) is 4.98 Å². The van der Waals surface area contributed by atoms with Crippen molar-refractivity contribution in [2.24, 2.45) is 0 Å². The van der Waals surface area contributed by atoms with Gasteiger partial charge in [0.25, 0.3) is 5.91 Å². The van der Waals surface area contributed by atoms with E-state index < -0.39 is 11.9 Å². The van der Waals surface area contributed by atoms with Crippen LogP contribution in [0.3, 0.4) is 0 Å². The molecule has 0 saturated heterocycles. The number of nitrogens with zero attached hydrogens (tertiary/aromatic N) is 1. The van der Waals surface area contributed by atoms with Gasteiger partial charge in [-0.2, -0.15) is 0 Å². The number of hydrogen-bond donors (Lipinski definition) is 1. The van der Waals surface area contributed by atoms with Gasteiger partial charge in [-0.05, 0) is 29.8 Å². The van der Waals surface area contributed by atoms with Crippen LogP contribution in [0.15, 0.2) is 48.5 Å². The highest BCUT2D eigenvalue weighted by molar-refractivity contribution is 7.22. The predicted molar refractivity (Wildman–Crippen MR) is 95.9 cm³/mol. The molecule has 6 nitrogen and oxygen atoms in total. The molecule has 2 aromatic carbocycles. The number of fused-ring (bicyclic) bond motifs is 1. The van der Waals surface area contributed by atoms with Gasteiger partial charge in [-0.1, -0.05) is 35.6 Å². The van der Waals surface area contributed by atoms with E-state index in [1.54, 1.807) is 31.4 Å². The second-order valence-corrected chi connectivity index (χ2v) is 6.25. The summed E-state index contributed by atoms with van der Waals surface area (Å²) in [6.45, 7) is -0.342. The molecule has 1 N–H and O–H groups in total. The normalized spacial score (nSPS) is 10.4. The summed E-state index contributed by atoms with van der Waals surface area (Å²) in [6.07, 6.45) is 0.0956. The summed E-state index contributed by atoms with van der Waals surface area (Å²) in [5.41, 5.74) is 1.61. The molecule has 0 spiro atoms. The molecule has 3 aromatic rings. The number of aromatic nitrogens is 1. The van der Waals surface area contributed by atoms with Crippen molar-refractivity contribution >= 4 is 38.6 Å². The molecule has 128 valence electrons. The van der Waals surface area contributed by atoms with E-state index in [9.17, 15) is 9.59 Å². The van der Waals surface area contributed by atoms with Crippen LogP contribution in [0.25, 0.3) is 10.2 Å².